The number of hydrogen-bond acceptors (Lipinski definition) is 9. The molecule has 6 heterocycles. The van der Waals surface area contributed by atoms with Crippen molar-refractivity contribution in [1.82, 2.24) is 5.32 Å². The average molecular weight is 559 g/mol. The molecule has 40 heavy (non-hydrogen) atoms. The number of carbonyl (C=O) groups excluding carboxylic acids is 2. The number of Topliss-reactive ketones (excluding diaryl/α,β-unsaturated/α-hetero) is 1. The zero-order valence-corrected chi connectivity index (χ0v) is 24.0. The van der Waals surface area contributed by atoms with Gasteiger partial charge in [-0.3, -0.25) is 4.79 Å². The summed E-state index contributed by atoms with van der Waals surface area (Å²) in [6.45, 7) is 6.84. The molecule has 6 aliphatic heterocycles. The van der Waals surface area contributed by atoms with Crippen molar-refractivity contribution in [2.45, 2.75) is 126 Å². The molecule has 0 aromatic heterocycles. The van der Waals surface area contributed by atoms with Gasteiger partial charge in [-0.2, -0.15) is 0 Å². The minimum Gasteiger partial charge on any atom is -0.457 e. The van der Waals surface area contributed by atoms with Gasteiger partial charge in [0.25, 0.3) is 0 Å². The average Bonchev–Trinajstić information content (AvgIpc) is 3.61. The summed E-state index contributed by atoms with van der Waals surface area (Å²) in [6, 6.07) is 0. The van der Waals surface area contributed by atoms with Gasteiger partial charge < -0.3 is 35.1 Å². The monoisotopic (exact) mass is 558 g/mol. The van der Waals surface area contributed by atoms with Gasteiger partial charge in [0.05, 0.1) is 42.6 Å². The molecule has 2 bridgehead atoms. The molecule has 8 aliphatic rings. The number of rotatable bonds is 3. The van der Waals surface area contributed by atoms with Gasteiger partial charge in [-0.15, -0.1) is 0 Å². The standard InChI is InChI=1S/C31H46N2O7/c1-15-12-19(34)25-20(37-15)14-21-26(27(25)35)24-17-5-7-18(8-6-17)31(29(36)38-28(24)30(2,3)39-21)22(40-31)9-4-16-10-11-33-23(32)13-16/h5,7,15-18,20-28,33,35H,4,6,8-14,32H2,1-3H3. The topological polar surface area (TPSA) is 133 Å². The van der Waals surface area contributed by atoms with E-state index in [1.54, 1.807) is 0 Å². The van der Waals surface area contributed by atoms with Crippen LogP contribution in [0.5, 0.6) is 0 Å². The summed E-state index contributed by atoms with van der Waals surface area (Å²) >= 11 is 0. The molecule has 0 amide bonds. The van der Waals surface area contributed by atoms with Gasteiger partial charge in [-0.25, -0.2) is 4.79 Å². The van der Waals surface area contributed by atoms with E-state index in [4.69, 9.17) is 24.7 Å². The molecule has 0 aromatic rings. The quantitative estimate of drug-likeness (QED) is 0.271. The van der Waals surface area contributed by atoms with E-state index in [1.165, 1.54) is 0 Å². The van der Waals surface area contributed by atoms with Crippen LogP contribution in [0.2, 0.25) is 0 Å². The van der Waals surface area contributed by atoms with Crippen LogP contribution in [0, 0.1) is 35.5 Å². The molecule has 9 heteroatoms. The van der Waals surface area contributed by atoms with Crippen molar-refractivity contribution < 1.29 is 33.6 Å². The molecule has 0 aromatic carbocycles. The van der Waals surface area contributed by atoms with Gasteiger partial charge in [-0.05, 0) is 77.7 Å². The van der Waals surface area contributed by atoms with Crippen LogP contribution in [0.15, 0.2) is 12.2 Å². The van der Waals surface area contributed by atoms with Gasteiger partial charge in [0.15, 0.2) is 5.60 Å². The lowest BCUT2D eigenvalue weighted by atomic mass is 9.58. The number of esters is 1. The minimum absolute atomic E-state index is 0.0213. The SMILES string of the molecule is CC1CC(=O)C2C(CC3OC(C)(C)C4OC(=O)C5(OC5CCC5CCNC(N)C5)C5C=CC(CC5)C4C3C2O)O1. The Balaban J connectivity index is 1.15. The van der Waals surface area contributed by atoms with Crippen LogP contribution in [0.25, 0.3) is 0 Å². The van der Waals surface area contributed by atoms with E-state index < -0.39 is 29.3 Å². The molecule has 8 rings (SSSR count). The zero-order chi connectivity index (χ0) is 28.0. The van der Waals surface area contributed by atoms with E-state index >= 15 is 0 Å². The minimum atomic E-state index is -0.947. The van der Waals surface area contributed by atoms with Crippen LogP contribution in [0.1, 0.15) is 72.1 Å². The predicted molar refractivity (Wildman–Crippen MR) is 145 cm³/mol. The van der Waals surface area contributed by atoms with Crippen molar-refractivity contribution in [3.8, 4) is 0 Å². The summed E-state index contributed by atoms with van der Waals surface area (Å²) in [4.78, 5) is 27.2. The van der Waals surface area contributed by atoms with Crippen molar-refractivity contribution in [2.24, 2.45) is 41.2 Å². The van der Waals surface area contributed by atoms with Gasteiger partial charge >= 0.3 is 5.97 Å². The number of nitrogens with two attached hydrogens (primary N) is 1. The molecule has 222 valence electrons. The van der Waals surface area contributed by atoms with Crippen LogP contribution in [-0.4, -0.2) is 77.4 Å². The first kappa shape index (κ1) is 27.5. The van der Waals surface area contributed by atoms with Crippen molar-refractivity contribution in [3.63, 3.8) is 0 Å². The number of epoxide rings is 1. The lowest BCUT2D eigenvalue weighted by Gasteiger charge is -2.58. The fourth-order valence-electron chi connectivity index (χ4n) is 9.51. The Hall–Kier alpha value is -1.36. The molecule has 5 saturated heterocycles. The summed E-state index contributed by atoms with van der Waals surface area (Å²) in [5, 5.41) is 15.1. The number of ketones is 1. The first-order valence-corrected chi connectivity index (χ1v) is 15.7. The summed E-state index contributed by atoms with van der Waals surface area (Å²) in [7, 11) is 0. The number of fused-ring (bicyclic) bond motifs is 4. The predicted octanol–water partition coefficient (Wildman–Crippen LogP) is 2.23. The van der Waals surface area contributed by atoms with E-state index in [9.17, 15) is 14.7 Å². The lowest BCUT2D eigenvalue weighted by molar-refractivity contribution is -0.282. The highest BCUT2D eigenvalue weighted by Gasteiger charge is 2.70. The third-order valence-electron chi connectivity index (χ3n) is 11.4. The maximum Gasteiger partial charge on any atom is 0.342 e. The molecule has 2 aliphatic carbocycles. The third-order valence-corrected chi connectivity index (χ3v) is 11.4. The fraction of sp³-hybridized carbons (Fsp3) is 0.871. The first-order valence-electron chi connectivity index (χ1n) is 15.7. The maximum absolute atomic E-state index is 14.1. The summed E-state index contributed by atoms with van der Waals surface area (Å²) in [6.07, 6.45) is 8.57. The zero-order valence-electron chi connectivity index (χ0n) is 24.0. The first-order chi connectivity index (χ1) is 19.1. The molecule has 14 atom stereocenters. The van der Waals surface area contributed by atoms with E-state index in [0.717, 1.165) is 45.1 Å². The number of aliphatic hydroxyl groups is 1. The Morgan fingerprint density at radius 2 is 1.88 bits per heavy atom. The van der Waals surface area contributed by atoms with E-state index in [2.05, 4.69) is 17.5 Å². The van der Waals surface area contributed by atoms with Gasteiger partial charge in [0, 0.05) is 30.6 Å². The number of carbonyl (C=O) groups is 2. The molecular formula is C31H46N2O7. The molecular weight excluding hydrogens is 512 g/mol. The van der Waals surface area contributed by atoms with Crippen molar-refractivity contribution in [3.05, 3.63) is 12.2 Å². The molecule has 0 radical (unpaired) electrons. The Labute approximate surface area is 236 Å². The summed E-state index contributed by atoms with van der Waals surface area (Å²) in [5.74, 6) is -0.611. The Morgan fingerprint density at radius 3 is 2.62 bits per heavy atom. The van der Waals surface area contributed by atoms with Crippen LogP contribution in [-0.2, 0) is 28.5 Å². The molecule has 1 spiro atoms. The Kier molecular flexibility index (Phi) is 6.76. The van der Waals surface area contributed by atoms with Crippen LogP contribution < -0.4 is 11.1 Å². The van der Waals surface area contributed by atoms with E-state index in [-0.39, 0.29) is 66.0 Å². The number of piperidine rings is 1. The number of ether oxygens (including phenoxy) is 4. The largest absolute Gasteiger partial charge is 0.457 e. The third kappa shape index (κ3) is 4.33. The molecule has 6 fully saturated rings. The second-order valence-electron chi connectivity index (χ2n) is 14.3. The Bertz CT molecular complexity index is 1060. The molecule has 1 saturated carbocycles. The smallest absolute Gasteiger partial charge is 0.342 e. The lowest BCUT2D eigenvalue weighted by Crippen LogP contribution is -2.67. The Morgan fingerprint density at radius 1 is 1.05 bits per heavy atom. The van der Waals surface area contributed by atoms with Crippen LogP contribution in [0.4, 0.5) is 0 Å². The highest BCUT2D eigenvalue weighted by Crippen LogP contribution is 2.57. The number of aliphatic hydroxyl groups excluding tert-OH is 1. The summed E-state index contributed by atoms with van der Waals surface area (Å²) in [5.41, 5.74) is 4.42. The van der Waals surface area contributed by atoms with E-state index in [0.29, 0.717) is 18.8 Å². The van der Waals surface area contributed by atoms with Crippen LogP contribution in [0.3, 0.4) is 0 Å². The number of allylic oxidation sites excluding steroid dienone is 1. The van der Waals surface area contributed by atoms with Crippen molar-refractivity contribution >= 4 is 11.8 Å². The summed E-state index contributed by atoms with van der Waals surface area (Å²) < 4.78 is 25.7. The molecule has 4 N–H and O–H groups in total. The van der Waals surface area contributed by atoms with Crippen LogP contribution >= 0.6 is 0 Å². The van der Waals surface area contributed by atoms with Gasteiger partial charge in [0.2, 0.25) is 0 Å². The van der Waals surface area contributed by atoms with Gasteiger partial charge in [0.1, 0.15) is 17.5 Å². The second-order valence-corrected chi connectivity index (χ2v) is 14.3. The maximum atomic E-state index is 14.1. The van der Waals surface area contributed by atoms with Crippen molar-refractivity contribution in [1.29, 1.82) is 0 Å². The number of hydrogen-bond donors (Lipinski definition) is 3. The second kappa shape index (κ2) is 9.85. The molecule has 9 nitrogen and oxygen atoms in total. The van der Waals surface area contributed by atoms with Gasteiger partial charge in [-0.1, -0.05) is 12.2 Å². The fourth-order valence-corrected chi connectivity index (χ4v) is 9.51. The van der Waals surface area contributed by atoms with E-state index in [1.807, 2.05) is 20.8 Å². The normalized spacial score (nSPS) is 53.0. The van der Waals surface area contributed by atoms with Crippen molar-refractivity contribution in [2.75, 3.05) is 6.54 Å². The highest BCUT2D eigenvalue weighted by molar-refractivity contribution is 5.85. The molecule has 14 unspecified atom stereocenters. The highest BCUT2D eigenvalue weighted by atomic mass is 16.7. The number of nitrogens with one attached hydrogen (secondary N) is 1.